The third kappa shape index (κ3) is 12.7. The van der Waals surface area contributed by atoms with Crippen LogP contribution in [0.3, 0.4) is 0 Å². The maximum absolute atomic E-state index is 13.0. The molecule has 0 unspecified atom stereocenters. The van der Waals surface area contributed by atoms with Gasteiger partial charge in [-0.3, -0.25) is 30.0 Å². The number of aromatic nitrogens is 5. The van der Waals surface area contributed by atoms with Crippen LogP contribution in [0.1, 0.15) is 123 Å². The maximum atomic E-state index is 13.0. The smallest absolute Gasteiger partial charge is 0.410 e. The Hall–Kier alpha value is -9.86. The number of aromatic carboxylic acids is 2. The van der Waals surface area contributed by atoms with Crippen molar-refractivity contribution in [2.75, 3.05) is 13.1 Å². The molecule has 8 aromatic rings. The normalized spacial score (nSPS) is 16.4. The number of carboxylic acid groups (broad SMARTS) is 2. The number of nitro groups is 2. The number of carboxylic acids is 2. The second kappa shape index (κ2) is 22.8. The van der Waals surface area contributed by atoms with Crippen molar-refractivity contribution in [1.82, 2.24) is 34.3 Å². The molecular weight excluding hydrogens is 1040 g/mol. The third-order valence-electron chi connectivity index (χ3n) is 13.5. The Labute approximate surface area is 464 Å². The van der Waals surface area contributed by atoms with Crippen molar-refractivity contribution in [3.05, 3.63) is 182 Å². The van der Waals surface area contributed by atoms with Crippen LogP contribution in [0.5, 0.6) is 5.75 Å². The van der Waals surface area contributed by atoms with Crippen molar-refractivity contribution in [3.8, 4) is 39.5 Å². The van der Waals surface area contributed by atoms with Gasteiger partial charge in [0.15, 0.2) is 0 Å². The second-order valence-corrected chi connectivity index (χ2v) is 21.5. The lowest BCUT2D eigenvalue weighted by Crippen LogP contribution is -2.36. The van der Waals surface area contributed by atoms with Crippen molar-refractivity contribution in [1.29, 1.82) is 0 Å². The lowest BCUT2D eigenvalue weighted by Gasteiger charge is -2.30. The van der Waals surface area contributed by atoms with Gasteiger partial charge in [-0.2, -0.15) is 0 Å². The van der Waals surface area contributed by atoms with E-state index < -0.39 is 39.2 Å². The number of ether oxygens (including phenoxy) is 3. The summed E-state index contributed by atoms with van der Waals surface area (Å²) >= 11 is 0. The van der Waals surface area contributed by atoms with Crippen molar-refractivity contribution in [2.45, 2.75) is 96.7 Å². The number of hydrogen-bond donors (Lipinski definition) is 4. The van der Waals surface area contributed by atoms with E-state index in [-0.39, 0.29) is 46.8 Å². The van der Waals surface area contributed by atoms with Crippen LogP contribution in [0.25, 0.3) is 44.7 Å². The fourth-order valence-electron chi connectivity index (χ4n) is 9.81. The number of likely N-dealkylation sites (tertiary alicyclic amines) is 2. The van der Waals surface area contributed by atoms with Gasteiger partial charge in [0.2, 0.25) is 6.23 Å². The number of aromatic amines is 2. The summed E-state index contributed by atoms with van der Waals surface area (Å²) in [6.45, 7) is 12.6. The van der Waals surface area contributed by atoms with Crippen LogP contribution in [-0.2, 0) is 9.47 Å². The van der Waals surface area contributed by atoms with Crippen molar-refractivity contribution in [3.63, 3.8) is 0 Å². The van der Waals surface area contributed by atoms with Gasteiger partial charge in [0.25, 0.3) is 11.4 Å². The summed E-state index contributed by atoms with van der Waals surface area (Å²) in [4.78, 5) is 85.9. The Kier molecular flexibility index (Phi) is 15.8. The molecule has 3 aromatic heterocycles. The minimum absolute atomic E-state index is 0.0422. The molecule has 22 heteroatoms. The molecule has 0 bridgehead atoms. The Morgan fingerprint density at radius 1 is 0.630 bits per heavy atom. The molecule has 3 atom stereocenters. The summed E-state index contributed by atoms with van der Waals surface area (Å²) in [5, 5.41) is 38.2. The molecule has 0 aliphatic carbocycles. The lowest BCUT2D eigenvalue weighted by atomic mass is 10.0. The fourth-order valence-corrected chi connectivity index (χ4v) is 9.81. The van der Waals surface area contributed by atoms with Gasteiger partial charge in [-0.15, -0.1) is 0 Å². The van der Waals surface area contributed by atoms with Crippen molar-refractivity contribution in [2.24, 2.45) is 0 Å². The van der Waals surface area contributed by atoms with Gasteiger partial charge in [-0.1, -0.05) is 42.5 Å². The number of carbonyl (C=O) groups is 4. The first kappa shape index (κ1) is 55.9. The molecule has 6 heterocycles. The highest BCUT2D eigenvalue weighted by molar-refractivity contribution is 5.93. The number of H-pyrrole nitrogens is 2. The van der Waals surface area contributed by atoms with Gasteiger partial charge < -0.3 is 39.0 Å². The molecule has 81 heavy (non-hydrogen) atoms. The number of carbonyl (C=O) groups excluding carboxylic acids is 2. The predicted octanol–water partition coefficient (Wildman–Crippen LogP) is 12.8. The average Bonchev–Trinajstić information content (AvgIpc) is 4.49. The quantitative estimate of drug-likeness (QED) is 0.0772. The summed E-state index contributed by atoms with van der Waals surface area (Å²) in [5.74, 6) is 0.0985. The van der Waals surface area contributed by atoms with Gasteiger partial charge in [-0.05, 0) is 122 Å². The molecule has 22 nitrogen and oxygen atoms in total. The molecule has 3 aliphatic heterocycles. The fraction of sp³-hybridized carbons (Fsp3) is 0.288. The maximum Gasteiger partial charge on any atom is 0.410 e. The van der Waals surface area contributed by atoms with E-state index in [0.29, 0.717) is 13.1 Å². The minimum Gasteiger partial charge on any atom is -0.478 e. The number of rotatable bonds is 9. The molecular formula is C59H59N9O13. The number of nitrogens with zero attached hydrogens (tertiary/aromatic N) is 7. The SMILES string of the molecule is CC(C)(C)OC(=O)N1CCC[C@@H]1c1ncc(-c2ccc3c(c2)O[C@H](c2ccccc2)n2c-3cc3cc(-c4cnc([C@H]5CCCN5C(=O)OC(C)(C)C)[nH]4)ccc32)[nH]1.O=C(O)c1ccc([N+](=O)[O-])cc1.O=C(O)c1ccc([N+](=O)[O-])cc1. The van der Waals surface area contributed by atoms with E-state index in [1.807, 2.05) is 72.1 Å². The molecule has 0 radical (unpaired) electrons. The lowest BCUT2D eigenvalue weighted by molar-refractivity contribution is -0.385. The van der Waals surface area contributed by atoms with Crippen LogP contribution in [0.15, 0.2) is 134 Å². The Morgan fingerprint density at radius 3 is 1.56 bits per heavy atom. The Balaban J connectivity index is 0.000000272. The number of hydrogen-bond acceptors (Lipinski definition) is 13. The summed E-state index contributed by atoms with van der Waals surface area (Å²) in [6, 6.07) is 34.3. The molecule has 2 saturated heterocycles. The van der Waals surface area contributed by atoms with Crippen LogP contribution in [-0.4, -0.2) is 103 Å². The number of amides is 2. The standard InChI is InChI=1S/C45H49N7O5.2C7H5NO4/c1-44(2,3)56-42(53)50-20-10-14-35(50)39-46-25-32(48-39)28-17-19-34-30(22-28)23-37-31-18-16-29(24-38(31)55-41(52(34)37)27-12-8-7-9-13-27)33-26-47-40(49-33)36-15-11-21-51(36)43(54)57-45(4,5)6;2*9-7(10)5-1-3-6(4-2-5)8(11)12/h7-9,12-13,16-19,22-26,35-36,41H,10-11,14-15,20-21H2,1-6H3,(H,46,48)(H,47,49);2*1-4H,(H,9,10)/t35-,36-,41-;;/m1../s1. The molecule has 5 aromatic carbocycles. The second-order valence-electron chi connectivity index (χ2n) is 21.5. The number of nitrogens with one attached hydrogen (secondary N) is 2. The zero-order valence-corrected chi connectivity index (χ0v) is 45.2. The topological polar surface area (TPSA) is 291 Å². The highest BCUT2D eigenvalue weighted by atomic mass is 16.6. The highest BCUT2D eigenvalue weighted by Gasteiger charge is 2.37. The first-order valence-corrected chi connectivity index (χ1v) is 26.1. The van der Waals surface area contributed by atoms with Crippen LogP contribution < -0.4 is 4.74 Å². The summed E-state index contributed by atoms with van der Waals surface area (Å²) in [7, 11) is 0. The first-order chi connectivity index (χ1) is 38.5. The van der Waals surface area contributed by atoms with Gasteiger partial charge in [0.1, 0.15) is 28.6 Å². The molecule has 4 N–H and O–H groups in total. The first-order valence-electron chi connectivity index (χ1n) is 26.1. The largest absolute Gasteiger partial charge is 0.478 e. The van der Waals surface area contributed by atoms with E-state index in [9.17, 15) is 39.4 Å². The molecule has 2 amide bonds. The van der Waals surface area contributed by atoms with E-state index in [2.05, 4.69) is 69.1 Å². The highest BCUT2D eigenvalue weighted by Crippen LogP contribution is 2.46. The summed E-state index contributed by atoms with van der Waals surface area (Å²) < 4.78 is 20.6. The Bertz CT molecular complexity index is 3520. The van der Waals surface area contributed by atoms with Gasteiger partial charge >= 0.3 is 24.1 Å². The number of fused-ring (bicyclic) bond motifs is 5. The minimum atomic E-state index is -1.09. The van der Waals surface area contributed by atoms with Crippen LogP contribution in [0.4, 0.5) is 21.0 Å². The van der Waals surface area contributed by atoms with Crippen LogP contribution in [0.2, 0.25) is 0 Å². The summed E-state index contributed by atoms with van der Waals surface area (Å²) in [6.07, 6.45) is 6.10. The van der Waals surface area contributed by atoms with E-state index in [0.717, 1.165) is 118 Å². The van der Waals surface area contributed by atoms with Crippen LogP contribution in [0, 0.1) is 20.2 Å². The molecule has 0 spiro atoms. The zero-order chi connectivity index (χ0) is 57.9. The van der Waals surface area contributed by atoms with Gasteiger partial charge in [-0.25, -0.2) is 29.1 Å². The molecule has 418 valence electrons. The number of nitro benzene ring substituents is 2. The van der Waals surface area contributed by atoms with Crippen molar-refractivity contribution < 1.29 is 53.4 Å². The molecule has 11 rings (SSSR count). The van der Waals surface area contributed by atoms with Gasteiger partial charge in [0, 0.05) is 65.0 Å². The number of benzene rings is 5. The molecule has 2 fully saturated rings. The monoisotopic (exact) mass is 1100 g/mol. The predicted molar refractivity (Wildman–Crippen MR) is 298 cm³/mol. The number of imidazole rings is 2. The van der Waals surface area contributed by atoms with Crippen LogP contribution >= 0.6 is 0 Å². The average molecular weight is 1100 g/mol. The molecule has 0 saturated carbocycles. The van der Waals surface area contributed by atoms with Crippen molar-refractivity contribution >= 4 is 46.4 Å². The van der Waals surface area contributed by atoms with E-state index in [1.54, 1.807) is 9.80 Å². The zero-order valence-electron chi connectivity index (χ0n) is 45.2. The Morgan fingerprint density at radius 2 is 1.10 bits per heavy atom. The van der Waals surface area contributed by atoms with E-state index in [4.69, 9.17) is 34.4 Å². The van der Waals surface area contributed by atoms with Gasteiger partial charge in [0.05, 0.1) is 68.0 Å². The summed E-state index contributed by atoms with van der Waals surface area (Å²) in [5.41, 5.74) is 6.54. The van der Waals surface area contributed by atoms with E-state index >= 15 is 0 Å². The van der Waals surface area contributed by atoms with E-state index in [1.165, 1.54) is 24.3 Å². The molecule has 3 aliphatic rings. The number of non-ortho nitro benzene ring substituents is 2. The third-order valence-corrected chi connectivity index (χ3v) is 13.5.